The van der Waals surface area contributed by atoms with Crippen LogP contribution in [0, 0.1) is 10.8 Å². The highest BCUT2D eigenvalue weighted by atomic mass is 16.5. The summed E-state index contributed by atoms with van der Waals surface area (Å²) in [5.41, 5.74) is 0.671. The third kappa shape index (κ3) is 7.36. The number of ether oxygens (including phenoxy) is 1. The Morgan fingerprint density at radius 2 is 1.74 bits per heavy atom. The van der Waals surface area contributed by atoms with E-state index in [9.17, 15) is 9.90 Å². The fraction of sp³-hybridized carbons (Fsp3) is 0.812. The maximum Gasteiger partial charge on any atom is 0.333 e. The minimum Gasteiger partial charge on any atom is -0.460 e. The number of carbonyl (C=O) groups is 1. The normalized spacial score (nSPS) is 13.4. The van der Waals surface area contributed by atoms with Gasteiger partial charge >= 0.3 is 5.97 Å². The lowest BCUT2D eigenvalue weighted by Gasteiger charge is -2.39. The van der Waals surface area contributed by atoms with Crippen molar-refractivity contribution < 1.29 is 14.6 Å². The van der Waals surface area contributed by atoms with Crippen molar-refractivity contribution in [2.45, 2.75) is 67.9 Å². The van der Waals surface area contributed by atoms with Gasteiger partial charge in [0.25, 0.3) is 0 Å². The van der Waals surface area contributed by atoms with E-state index in [4.69, 9.17) is 4.74 Å². The minimum atomic E-state index is -0.602. The molecule has 0 saturated heterocycles. The van der Waals surface area contributed by atoms with E-state index in [0.717, 1.165) is 6.42 Å². The van der Waals surface area contributed by atoms with E-state index >= 15 is 0 Å². The zero-order valence-corrected chi connectivity index (χ0v) is 12.7. The number of esters is 1. The van der Waals surface area contributed by atoms with Crippen LogP contribution in [0.25, 0.3) is 0 Å². The Morgan fingerprint density at radius 3 is 2.11 bits per heavy atom. The van der Waals surface area contributed by atoms with E-state index in [1.807, 2.05) is 0 Å². The van der Waals surface area contributed by atoms with Gasteiger partial charge in [-0.2, -0.15) is 0 Å². The first-order valence-corrected chi connectivity index (χ1v) is 6.48. The minimum absolute atomic E-state index is 0. The molecule has 0 aromatic carbocycles. The van der Waals surface area contributed by atoms with Crippen molar-refractivity contribution in [2.75, 3.05) is 6.61 Å². The lowest BCUT2D eigenvalue weighted by atomic mass is 9.66. The van der Waals surface area contributed by atoms with Crippen LogP contribution in [0.3, 0.4) is 0 Å². The average Bonchev–Trinajstić information content (AvgIpc) is 2.21. The topological polar surface area (TPSA) is 46.5 Å². The molecular weight excluding hydrogens is 240 g/mol. The van der Waals surface area contributed by atoms with Crippen LogP contribution in [0.5, 0.6) is 0 Å². The third-order valence-corrected chi connectivity index (χ3v) is 3.89. The van der Waals surface area contributed by atoms with Crippen LogP contribution >= 0.6 is 0 Å². The lowest BCUT2D eigenvalue weighted by Crippen LogP contribution is -2.31. The second-order valence-corrected chi connectivity index (χ2v) is 6.71. The Bertz CT molecular complexity index is 298. The van der Waals surface area contributed by atoms with Crippen LogP contribution in [0.4, 0.5) is 0 Å². The third-order valence-electron chi connectivity index (χ3n) is 3.89. The summed E-state index contributed by atoms with van der Waals surface area (Å²) >= 11 is 0. The van der Waals surface area contributed by atoms with Gasteiger partial charge in [0.15, 0.2) is 0 Å². The van der Waals surface area contributed by atoms with Crippen LogP contribution in [-0.2, 0) is 9.53 Å². The first kappa shape index (κ1) is 20.5. The number of aliphatic hydroxyl groups excluding tert-OH is 1. The van der Waals surface area contributed by atoms with Crippen molar-refractivity contribution in [1.82, 2.24) is 0 Å². The SMILES string of the molecule is C.C=C(C)C(=O)OCC(O)CCC(C)(C)C(C)(C)C. The molecule has 114 valence electrons. The van der Waals surface area contributed by atoms with Gasteiger partial charge in [0.05, 0.1) is 6.10 Å². The van der Waals surface area contributed by atoms with Crippen LogP contribution in [0.15, 0.2) is 12.2 Å². The highest BCUT2D eigenvalue weighted by Crippen LogP contribution is 2.41. The maximum absolute atomic E-state index is 11.2. The van der Waals surface area contributed by atoms with Crippen LogP contribution < -0.4 is 0 Å². The molecule has 1 unspecified atom stereocenters. The van der Waals surface area contributed by atoms with Crippen molar-refractivity contribution in [2.24, 2.45) is 10.8 Å². The van der Waals surface area contributed by atoms with Crippen molar-refractivity contribution in [3.8, 4) is 0 Å². The van der Waals surface area contributed by atoms with Crippen molar-refractivity contribution in [3.63, 3.8) is 0 Å². The van der Waals surface area contributed by atoms with Gasteiger partial charge in [0.2, 0.25) is 0 Å². The fourth-order valence-electron chi connectivity index (χ4n) is 1.28. The van der Waals surface area contributed by atoms with Gasteiger partial charge in [-0.25, -0.2) is 4.79 Å². The number of aliphatic hydroxyl groups is 1. The molecule has 0 aliphatic heterocycles. The smallest absolute Gasteiger partial charge is 0.333 e. The number of hydrogen-bond acceptors (Lipinski definition) is 3. The summed E-state index contributed by atoms with van der Waals surface area (Å²) in [4.78, 5) is 11.2. The molecule has 1 N–H and O–H groups in total. The standard InChI is InChI=1S/C15H28O3.CH4/c1-11(2)13(17)18-10-12(16)8-9-15(6,7)14(3,4)5;/h12,16H,1,8-10H2,2-7H3;1H4. The Hall–Kier alpha value is -0.830. The van der Waals surface area contributed by atoms with Gasteiger partial charge in [-0.3, -0.25) is 0 Å². The molecule has 0 aromatic heterocycles. The van der Waals surface area contributed by atoms with Crippen molar-refractivity contribution >= 4 is 5.97 Å². The summed E-state index contributed by atoms with van der Waals surface area (Å²) in [5.74, 6) is -0.441. The molecule has 3 nitrogen and oxygen atoms in total. The molecule has 0 spiro atoms. The predicted molar refractivity (Wildman–Crippen MR) is 81.0 cm³/mol. The first-order chi connectivity index (χ1) is 7.97. The first-order valence-electron chi connectivity index (χ1n) is 6.48. The summed E-state index contributed by atoms with van der Waals surface area (Å²) in [6.45, 7) is 16.1. The molecule has 0 rings (SSSR count). The van der Waals surface area contributed by atoms with Gasteiger partial charge in [0, 0.05) is 5.57 Å². The van der Waals surface area contributed by atoms with E-state index in [-0.39, 0.29) is 24.9 Å². The Balaban J connectivity index is 0. The van der Waals surface area contributed by atoms with E-state index in [2.05, 4.69) is 41.2 Å². The Morgan fingerprint density at radius 1 is 1.26 bits per heavy atom. The highest BCUT2D eigenvalue weighted by Gasteiger charge is 2.32. The fourth-order valence-corrected chi connectivity index (χ4v) is 1.28. The van der Waals surface area contributed by atoms with Gasteiger partial charge in [0.1, 0.15) is 6.61 Å². The number of hydrogen-bond donors (Lipinski definition) is 1. The molecule has 0 aliphatic carbocycles. The molecule has 0 fully saturated rings. The molecule has 19 heavy (non-hydrogen) atoms. The van der Waals surface area contributed by atoms with Crippen LogP contribution in [-0.4, -0.2) is 23.8 Å². The number of carbonyl (C=O) groups excluding carboxylic acids is 1. The Kier molecular flexibility index (Phi) is 8.29. The predicted octanol–water partition coefficient (Wildman–Crippen LogP) is 3.96. The molecule has 0 heterocycles. The van der Waals surface area contributed by atoms with Crippen molar-refractivity contribution in [3.05, 3.63) is 12.2 Å². The van der Waals surface area contributed by atoms with E-state index in [0.29, 0.717) is 12.0 Å². The zero-order chi connectivity index (χ0) is 14.6. The van der Waals surface area contributed by atoms with Crippen LogP contribution in [0.1, 0.15) is 61.8 Å². The van der Waals surface area contributed by atoms with Crippen molar-refractivity contribution in [1.29, 1.82) is 0 Å². The molecule has 0 bridgehead atoms. The van der Waals surface area contributed by atoms with Crippen LogP contribution in [0.2, 0.25) is 0 Å². The molecule has 0 amide bonds. The van der Waals surface area contributed by atoms with E-state index in [1.165, 1.54) is 0 Å². The molecular formula is C16H32O3. The maximum atomic E-state index is 11.2. The van der Waals surface area contributed by atoms with E-state index < -0.39 is 12.1 Å². The van der Waals surface area contributed by atoms with Gasteiger partial charge < -0.3 is 9.84 Å². The lowest BCUT2D eigenvalue weighted by molar-refractivity contribution is -0.142. The molecule has 0 radical (unpaired) electrons. The second kappa shape index (κ2) is 7.68. The van der Waals surface area contributed by atoms with E-state index in [1.54, 1.807) is 6.92 Å². The molecule has 0 aromatic rings. The second-order valence-electron chi connectivity index (χ2n) is 6.71. The monoisotopic (exact) mass is 272 g/mol. The highest BCUT2D eigenvalue weighted by molar-refractivity contribution is 5.86. The summed E-state index contributed by atoms with van der Waals surface area (Å²) in [7, 11) is 0. The summed E-state index contributed by atoms with van der Waals surface area (Å²) in [6.07, 6.45) is 0.922. The molecule has 0 saturated carbocycles. The number of rotatable bonds is 6. The van der Waals surface area contributed by atoms with Gasteiger partial charge in [-0.15, -0.1) is 0 Å². The average molecular weight is 272 g/mol. The van der Waals surface area contributed by atoms with Gasteiger partial charge in [-0.1, -0.05) is 48.6 Å². The zero-order valence-electron chi connectivity index (χ0n) is 12.7. The summed E-state index contributed by atoms with van der Waals surface area (Å²) in [5, 5.41) is 9.80. The summed E-state index contributed by atoms with van der Waals surface area (Å²) < 4.78 is 4.93. The molecule has 1 atom stereocenters. The molecule has 3 heteroatoms. The summed E-state index contributed by atoms with van der Waals surface area (Å²) in [6, 6.07) is 0. The van der Waals surface area contributed by atoms with Gasteiger partial charge in [-0.05, 0) is 30.6 Å². The largest absolute Gasteiger partial charge is 0.460 e. The Labute approximate surface area is 119 Å². The quantitative estimate of drug-likeness (QED) is 0.588. The molecule has 0 aliphatic rings.